The highest BCUT2D eigenvalue weighted by molar-refractivity contribution is 8.13. The van der Waals surface area contributed by atoms with E-state index in [1.54, 1.807) is 14.2 Å². The maximum absolute atomic E-state index is 6.03. The highest BCUT2D eigenvalue weighted by Gasteiger charge is 2.34. The fraction of sp³-hybridized carbons (Fsp3) is 0.667. The zero-order chi connectivity index (χ0) is 13.8. The average molecular weight is 306 g/mol. The second-order valence-electron chi connectivity index (χ2n) is 4.34. The minimum atomic E-state index is -2.42. The van der Waals surface area contributed by atoms with Gasteiger partial charge in [0.15, 0.2) is 5.50 Å². The van der Waals surface area contributed by atoms with Gasteiger partial charge in [0.1, 0.15) is 8.07 Å². The summed E-state index contributed by atoms with van der Waals surface area (Å²) in [5.41, 5.74) is 0.685. The van der Waals surface area contributed by atoms with Crippen LogP contribution in [0.2, 0.25) is 18.1 Å². The largest absolute Gasteiger partial charge is 0.461 e. The molecule has 0 amide bonds. The molecule has 0 radical (unpaired) electrons. The maximum Gasteiger partial charge on any atom is 0.254 e. The van der Waals surface area contributed by atoms with Crippen LogP contribution in [0.25, 0.3) is 0 Å². The second-order valence-corrected chi connectivity index (χ2v) is 13.1. The summed E-state index contributed by atoms with van der Waals surface area (Å²) in [4.78, 5) is 0. The number of furan rings is 1. The third kappa shape index (κ3) is 2.80. The Balaban J connectivity index is 3.17. The first-order valence-electron chi connectivity index (χ1n) is 6.34. The standard InChI is InChI=1S/C12H23O3PSSi/c1-6-18(7-2,8-3)12-10-9-11(15-12)16(17,13-4)14-5/h9-10H,6-8H2,1-5H3. The third-order valence-corrected chi connectivity index (χ3v) is 12.4. The van der Waals surface area contributed by atoms with Crippen molar-refractivity contribution in [1.82, 2.24) is 0 Å². The number of rotatable bonds is 7. The Morgan fingerprint density at radius 3 is 2.00 bits per heavy atom. The molecule has 0 bridgehead atoms. The predicted molar refractivity (Wildman–Crippen MR) is 83.5 cm³/mol. The van der Waals surface area contributed by atoms with Crippen LogP contribution in [-0.4, -0.2) is 22.3 Å². The van der Waals surface area contributed by atoms with Gasteiger partial charge < -0.3 is 13.5 Å². The smallest absolute Gasteiger partial charge is 0.254 e. The van der Waals surface area contributed by atoms with Crippen molar-refractivity contribution in [3.05, 3.63) is 12.1 Å². The van der Waals surface area contributed by atoms with Gasteiger partial charge in [-0.2, -0.15) is 0 Å². The lowest BCUT2D eigenvalue weighted by atomic mass is 10.7. The molecule has 0 saturated carbocycles. The van der Waals surface area contributed by atoms with Crippen molar-refractivity contribution in [3.63, 3.8) is 0 Å². The van der Waals surface area contributed by atoms with E-state index in [-0.39, 0.29) is 0 Å². The van der Waals surface area contributed by atoms with Crippen molar-refractivity contribution in [1.29, 1.82) is 0 Å². The molecule has 18 heavy (non-hydrogen) atoms. The molecular weight excluding hydrogens is 283 g/mol. The predicted octanol–water partition coefficient (Wildman–Crippen LogP) is 3.22. The van der Waals surface area contributed by atoms with E-state index in [0.717, 1.165) is 5.38 Å². The van der Waals surface area contributed by atoms with Crippen molar-refractivity contribution in [2.24, 2.45) is 0 Å². The third-order valence-electron chi connectivity index (χ3n) is 3.90. The molecule has 0 aromatic carbocycles. The zero-order valence-electron chi connectivity index (χ0n) is 11.9. The lowest BCUT2D eigenvalue weighted by Gasteiger charge is -2.25. The molecule has 1 heterocycles. The molecule has 0 atom stereocenters. The molecule has 0 aliphatic carbocycles. The normalized spacial score (nSPS) is 12.9. The van der Waals surface area contributed by atoms with Crippen LogP contribution in [0.3, 0.4) is 0 Å². The first kappa shape index (κ1) is 16.1. The summed E-state index contributed by atoms with van der Waals surface area (Å²) in [6.07, 6.45) is 0. The van der Waals surface area contributed by atoms with Crippen molar-refractivity contribution >= 4 is 37.3 Å². The van der Waals surface area contributed by atoms with Crippen molar-refractivity contribution in [2.75, 3.05) is 14.2 Å². The van der Waals surface area contributed by atoms with Gasteiger partial charge in [-0.25, -0.2) is 0 Å². The Morgan fingerprint density at radius 2 is 1.61 bits per heavy atom. The molecule has 104 valence electrons. The van der Waals surface area contributed by atoms with Gasteiger partial charge in [0, 0.05) is 14.2 Å². The van der Waals surface area contributed by atoms with Crippen LogP contribution in [0.4, 0.5) is 0 Å². The maximum atomic E-state index is 6.03. The van der Waals surface area contributed by atoms with E-state index < -0.39 is 14.6 Å². The van der Waals surface area contributed by atoms with Crippen molar-refractivity contribution in [3.8, 4) is 0 Å². The Labute approximate surface area is 116 Å². The van der Waals surface area contributed by atoms with Crippen molar-refractivity contribution < 1.29 is 13.5 Å². The van der Waals surface area contributed by atoms with Gasteiger partial charge >= 0.3 is 0 Å². The van der Waals surface area contributed by atoms with Gasteiger partial charge in [-0.1, -0.05) is 38.9 Å². The van der Waals surface area contributed by atoms with Crippen molar-refractivity contribution in [2.45, 2.75) is 38.9 Å². The molecule has 0 aliphatic heterocycles. The minimum Gasteiger partial charge on any atom is -0.461 e. The molecule has 0 spiro atoms. The summed E-state index contributed by atoms with van der Waals surface area (Å²) in [6.45, 7) is 4.34. The van der Waals surface area contributed by atoms with E-state index in [9.17, 15) is 0 Å². The quantitative estimate of drug-likeness (QED) is 0.572. The molecule has 1 rings (SSSR count). The molecule has 0 fully saturated rings. The Kier molecular flexibility index (Phi) is 5.81. The van der Waals surface area contributed by atoms with Crippen LogP contribution >= 0.6 is 6.49 Å². The summed E-state index contributed by atoms with van der Waals surface area (Å²) in [5.74, 6) is 0. The summed E-state index contributed by atoms with van der Waals surface area (Å²) in [6, 6.07) is 7.59. The Morgan fingerprint density at radius 1 is 1.11 bits per heavy atom. The highest BCUT2D eigenvalue weighted by atomic mass is 32.5. The SMILES string of the molecule is CC[Si](CC)(CC)c1ccc(P(=S)(OC)OC)o1. The van der Waals surface area contributed by atoms with Crippen LogP contribution < -0.4 is 10.9 Å². The van der Waals surface area contributed by atoms with E-state index in [1.807, 2.05) is 6.07 Å². The van der Waals surface area contributed by atoms with Crippen LogP contribution in [0.1, 0.15) is 20.8 Å². The molecule has 0 N–H and O–H groups in total. The van der Waals surface area contributed by atoms with Gasteiger partial charge in [0.05, 0.1) is 5.38 Å². The van der Waals surface area contributed by atoms with Crippen LogP contribution in [0.15, 0.2) is 16.5 Å². The first-order valence-corrected chi connectivity index (χ1v) is 11.6. The molecule has 0 saturated heterocycles. The zero-order valence-corrected chi connectivity index (χ0v) is 14.6. The topological polar surface area (TPSA) is 31.6 Å². The lowest BCUT2D eigenvalue weighted by molar-refractivity contribution is 0.341. The molecule has 0 aliphatic rings. The van der Waals surface area contributed by atoms with Crippen LogP contribution in [-0.2, 0) is 20.9 Å². The second kappa shape index (κ2) is 6.48. The number of hydrogen-bond acceptors (Lipinski definition) is 4. The van der Waals surface area contributed by atoms with Crippen LogP contribution in [0, 0.1) is 0 Å². The molecular formula is C12H23O3PSSi. The summed E-state index contributed by atoms with van der Waals surface area (Å²) in [5, 5.41) is 1.13. The Hall–Kier alpha value is 0.0669. The van der Waals surface area contributed by atoms with E-state index in [4.69, 9.17) is 25.3 Å². The first-order chi connectivity index (χ1) is 8.51. The summed E-state index contributed by atoms with van der Waals surface area (Å²) < 4.78 is 16.7. The Bertz CT molecular complexity index is 412. The number of hydrogen-bond donors (Lipinski definition) is 0. The van der Waals surface area contributed by atoms with Gasteiger partial charge in [0.2, 0.25) is 0 Å². The van der Waals surface area contributed by atoms with E-state index >= 15 is 0 Å². The fourth-order valence-corrected chi connectivity index (χ4v) is 6.95. The van der Waals surface area contributed by atoms with Crippen LogP contribution in [0.5, 0.6) is 0 Å². The lowest BCUT2D eigenvalue weighted by Crippen LogP contribution is -2.45. The molecule has 1 aromatic rings. The monoisotopic (exact) mass is 306 g/mol. The van der Waals surface area contributed by atoms with Gasteiger partial charge in [-0.3, -0.25) is 0 Å². The van der Waals surface area contributed by atoms with E-state index in [1.165, 1.54) is 18.1 Å². The molecule has 0 unspecified atom stereocenters. The molecule has 3 nitrogen and oxygen atoms in total. The van der Waals surface area contributed by atoms with Gasteiger partial charge in [0.25, 0.3) is 6.49 Å². The van der Waals surface area contributed by atoms with Gasteiger partial charge in [-0.15, -0.1) is 0 Å². The summed E-state index contributed by atoms with van der Waals surface area (Å²) in [7, 11) is 1.68. The molecule has 1 aromatic heterocycles. The average Bonchev–Trinajstić information content (AvgIpc) is 2.91. The van der Waals surface area contributed by atoms with Gasteiger partial charge in [-0.05, 0) is 23.9 Å². The minimum absolute atomic E-state index is 0.685. The van der Waals surface area contributed by atoms with E-state index in [2.05, 4.69) is 26.8 Å². The highest BCUT2D eigenvalue weighted by Crippen LogP contribution is 2.45. The van der Waals surface area contributed by atoms with E-state index in [0.29, 0.717) is 5.50 Å². The molecule has 6 heteroatoms. The fourth-order valence-electron chi connectivity index (χ4n) is 2.29. The summed E-state index contributed by atoms with van der Waals surface area (Å²) >= 11 is 5.40.